The SMILES string of the molecule is COC(=O)c1ccc(CC(=O)Cc2cc(F)c(-c3cccc(OCc4ncc(Cl)cc4F)n3)cc2F)c(NC[C@@H]2CCO2)n1.COC(=O)c1ccc2nc(Cc3cc(F)c(-c4cccc(OCc5ncc(Cl)cc5F)n4)cc3F)n(C[C@@H]3CCO3)c2n1.O=C(O)c1ccc2nc(Cc3cc(F)c(-c4cccc(OCc5ncc(Cl)cc5F)n4)cc3F)n(C[C@@H]3CCO3)c2n1.[Li+].[OH-]. The molecule has 3 aliphatic rings. The number of anilines is 1. The third-order valence-electron chi connectivity index (χ3n) is 20.6. The van der Waals surface area contributed by atoms with Gasteiger partial charge in [-0.2, -0.15) is 0 Å². The van der Waals surface area contributed by atoms with Gasteiger partial charge in [-0.1, -0.05) is 59.1 Å². The van der Waals surface area contributed by atoms with E-state index in [9.17, 15) is 37.5 Å². The number of fused-ring (bicyclic) bond motifs is 2. The molecule has 3 aromatic carbocycles. The van der Waals surface area contributed by atoms with Crippen molar-refractivity contribution in [3.8, 4) is 51.4 Å². The zero-order valence-electron chi connectivity index (χ0n) is 69.3. The van der Waals surface area contributed by atoms with Gasteiger partial charge in [-0.25, -0.2) is 93.8 Å². The first-order chi connectivity index (χ1) is 62.2. The predicted octanol–water partition coefficient (Wildman–Crippen LogP) is 13.7. The Balaban J connectivity index is 0.000000166. The summed E-state index contributed by atoms with van der Waals surface area (Å²) >= 11 is 17.2. The van der Waals surface area contributed by atoms with Crippen molar-refractivity contribution in [3.05, 3.63) is 300 Å². The van der Waals surface area contributed by atoms with Gasteiger partial charge in [-0.3, -0.25) is 19.7 Å². The largest absolute Gasteiger partial charge is 1.00 e. The Morgan fingerprint density at radius 3 is 1.18 bits per heavy atom. The molecule has 131 heavy (non-hydrogen) atoms. The van der Waals surface area contributed by atoms with Crippen LogP contribution < -0.4 is 38.4 Å². The smallest absolute Gasteiger partial charge is 0.870 e. The number of carbonyl (C=O) groups excluding carboxylic acids is 3. The van der Waals surface area contributed by atoms with Crippen molar-refractivity contribution < 1.29 is 126 Å². The van der Waals surface area contributed by atoms with Crippen molar-refractivity contribution in [2.24, 2.45) is 0 Å². The third kappa shape index (κ3) is 23.4. The van der Waals surface area contributed by atoms with Crippen LogP contribution in [0.2, 0.25) is 15.1 Å². The van der Waals surface area contributed by atoms with Gasteiger partial charge in [0.2, 0.25) is 17.6 Å². The minimum atomic E-state index is -1.19. The Hall–Kier alpha value is -13.1. The average molecular weight is 1860 g/mol. The normalized spacial score (nSPS) is 14.2. The van der Waals surface area contributed by atoms with Crippen LogP contribution in [0.4, 0.5) is 45.3 Å². The molecule has 14 heterocycles. The summed E-state index contributed by atoms with van der Waals surface area (Å²) in [6.07, 6.45) is 5.48. The fourth-order valence-corrected chi connectivity index (χ4v) is 14.0. The molecule has 28 nitrogen and oxygen atoms in total. The number of methoxy groups -OCH3 is 2. The topological polar surface area (TPSA) is 356 Å². The number of nitrogens with one attached hydrogen (secondary N) is 1. The summed E-state index contributed by atoms with van der Waals surface area (Å²) < 4.78 is 180. The summed E-state index contributed by atoms with van der Waals surface area (Å²) in [5.41, 5.74) is 2.14. The van der Waals surface area contributed by atoms with E-state index in [1.54, 1.807) is 33.4 Å². The second kappa shape index (κ2) is 43.1. The number of hydrogen-bond donors (Lipinski definition) is 2. The number of rotatable bonds is 30. The van der Waals surface area contributed by atoms with E-state index < -0.39 is 76.0 Å². The molecule has 14 aromatic rings. The number of carboxylic acids is 1. The summed E-state index contributed by atoms with van der Waals surface area (Å²) in [5, 5.41) is 12.9. The van der Waals surface area contributed by atoms with Crippen LogP contribution in [0, 0.1) is 52.4 Å². The number of carboxylic acid groups (broad SMARTS) is 1. The van der Waals surface area contributed by atoms with Gasteiger partial charge in [0, 0.05) is 111 Å². The second-order valence-electron chi connectivity index (χ2n) is 29.3. The molecule has 0 unspecified atom stereocenters. The van der Waals surface area contributed by atoms with E-state index in [4.69, 9.17) is 72.7 Å². The molecule has 0 radical (unpaired) electrons. The van der Waals surface area contributed by atoms with Crippen molar-refractivity contribution in [3.63, 3.8) is 0 Å². The molecular formula is C90H71Cl3F9LiN14O14. The molecule has 3 fully saturated rings. The van der Waals surface area contributed by atoms with Gasteiger partial charge < -0.3 is 62.9 Å². The minimum Gasteiger partial charge on any atom is -0.870 e. The zero-order chi connectivity index (χ0) is 90.7. The standard InChI is InChI=1S/C31H26ClF3N4O5.C30H23ClF3N5O4.C29H21ClF3N5O4.Li.H2O/c1-42-31(41)27-6-5-17(30(39-27)37-15-21-7-8-43-21)9-20(40)10-18-11-24(34)22(13-23(18)33)26-3-2-4-29(38-26)44-16-28-25(35)12-19(32)14-36-28;1-41-30(40)25-6-5-24-29(38-25)39(14-18-7-8-42-18)27(36-24)10-16-9-21(33)19(12-20(16)32)23-3-2-4-28(37-23)43-15-26-22(34)11-17(31)13-35-26;30-16-10-21(33)25(34-12-16)14-42-27-3-1-2-22(36-27)18-11-19(31)15(8-20(18)32)9-26-35-23-4-5-24(29(39)40)37-28(23)38(26)13-17-6-7-41-17;;/h2-6,11-14,21H,7-10,15-16H2,1H3,(H,37,39);2-6,9,11-13,18H,7-8,10,14-15H2,1H3;1-5,8,10-12,17H,6-7,9,13-14H2,(H,39,40);;1H2/q;;;+1;/p-1/t21-;18-;17-;;/m000../s1. The minimum absolute atomic E-state index is 0. The molecule has 670 valence electrons. The Morgan fingerprint density at radius 2 is 0.802 bits per heavy atom. The van der Waals surface area contributed by atoms with Gasteiger partial charge in [0.25, 0.3) is 0 Å². The van der Waals surface area contributed by atoms with E-state index in [-0.39, 0.29) is 205 Å². The van der Waals surface area contributed by atoms with Crippen LogP contribution >= 0.6 is 34.8 Å². The van der Waals surface area contributed by atoms with Crippen LogP contribution in [-0.4, -0.2) is 157 Å². The van der Waals surface area contributed by atoms with Gasteiger partial charge in [0.05, 0.1) is 77.8 Å². The van der Waals surface area contributed by atoms with E-state index in [1.165, 1.54) is 99.5 Å². The Morgan fingerprint density at radius 1 is 0.435 bits per heavy atom. The first kappa shape index (κ1) is 95.5. The van der Waals surface area contributed by atoms with Crippen LogP contribution in [0.15, 0.2) is 164 Å². The molecular weight excluding hydrogens is 1790 g/mol. The number of carbonyl (C=O) groups is 4. The van der Waals surface area contributed by atoms with Crippen LogP contribution in [-0.2, 0) is 87.1 Å². The van der Waals surface area contributed by atoms with Gasteiger partial charge in [0.15, 0.2) is 28.4 Å². The molecule has 0 amide bonds. The number of halogens is 12. The summed E-state index contributed by atoms with van der Waals surface area (Å²) in [6.45, 7) is 2.31. The molecule has 3 atom stereocenters. The molecule has 17 rings (SSSR count). The number of ketones is 1. The summed E-state index contributed by atoms with van der Waals surface area (Å²) in [4.78, 5) is 94.9. The molecule has 0 aliphatic carbocycles. The monoisotopic (exact) mass is 1850 g/mol. The predicted molar refractivity (Wildman–Crippen MR) is 450 cm³/mol. The van der Waals surface area contributed by atoms with Crippen molar-refractivity contribution in [2.45, 2.75) is 96.2 Å². The fraction of sp³-hybridized carbons (Fsp3) is 0.233. The van der Waals surface area contributed by atoms with E-state index in [1.807, 2.05) is 0 Å². The maximum atomic E-state index is 15.5. The number of Topliss-reactive ketones (excluding diaryl/α,β-unsaturated/α-hetero) is 1. The molecule has 3 N–H and O–H groups in total. The first-order valence-corrected chi connectivity index (χ1v) is 40.7. The van der Waals surface area contributed by atoms with E-state index in [0.29, 0.717) is 84.8 Å². The number of nitrogens with zero attached hydrogens (tertiary/aromatic N) is 13. The van der Waals surface area contributed by atoms with Gasteiger partial charge in [0.1, 0.15) is 124 Å². The molecule has 41 heteroatoms. The molecule has 0 spiro atoms. The van der Waals surface area contributed by atoms with E-state index >= 15 is 26.3 Å². The van der Waals surface area contributed by atoms with E-state index in [2.05, 4.69) is 60.1 Å². The van der Waals surface area contributed by atoms with E-state index in [0.717, 1.165) is 73.9 Å². The summed E-state index contributed by atoms with van der Waals surface area (Å²) in [7, 11) is 2.50. The van der Waals surface area contributed by atoms with Crippen molar-refractivity contribution in [1.29, 1.82) is 0 Å². The average Bonchev–Trinajstić information content (AvgIpc) is 1.68. The fourth-order valence-electron chi connectivity index (χ4n) is 13.6. The van der Waals surface area contributed by atoms with Crippen molar-refractivity contribution in [2.75, 3.05) is 45.9 Å². The zero-order valence-corrected chi connectivity index (χ0v) is 71.5. The number of aromatic carboxylic acids is 1. The molecule has 0 saturated carbocycles. The Kier molecular flexibility index (Phi) is 31.4. The first-order valence-electron chi connectivity index (χ1n) is 39.6. The van der Waals surface area contributed by atoms with Crippen LogP contribution in [0.3, 0.4) is 0 Å². The second-order valence-corrected chi connectivity index (χ2v) is 30.6. The Labute approximate surface area is 765 Å². The van der Waals surface area contributed by atoms with Crippen LogP contribution in [0.5, 0.6) is 17.6 Å². The van der Waals surface area contributed by atoms with Crippen molar-refractivity contribution >= 4 is 86.6 Å². The summed E-state index contributed by atoms with van der Waals surface area (Å²) in [6, 6.07) is 32.1. The summed E-state index contributed by atoms with van der Waals surface area (Å²) in [5.74, 6) is -7.84. The Bertz CT molecular complexity index is 6630. The number of hydrogen-bond acceptors (Lipinski definition) is 25. The quantitative estimate of drug-likeness (QED) is 0.0240. The van der Waals surface area contributed by atoms with Gasteiger partial charge in [-0.15, -0.1) is 0 Å². The molecule has 3 saturated heterocycles. The molecule has 11 aromatic heterocycles. The molecule has 0 bridgehead atoms. The van der Waals surface area contributed by atoms with Gasteiger partial charge in [-0.05, 0) is 139 Å². The number of pyridine rings is 9. The van der Waals surface area contributed by atoms with Gasteiger partial charge >= 0.3 is 36.8 Å². The van der Waals surface area contributed by atoms with Crippen LogP contribution in [0.1, 0.15) is 102 Å². The number of benzene rings is 3. The maximum absolute atomic E-state index is 15.5. The number of esters is 2. The maximum Gasteiger partial charge on any atom is 1.00 e. The number of imidazole rings is 2. The third-order valence-corrected chi connectivity index (χ3v) is 21.2. The number of aromatic nitrogens is 13. The van der Waals surface area contributed by atoms with Crippen molar-refractivity contribution in [1.82, 2.24) is 64.0 Å². The number of ether oxygens (including phenoxy) is 8. The molecule has 3 aliphatic heterocycles. The van der Waals surface area contributed by atoms with Crippen LogP contribution in [0.25, 0.3) is 56.1 Å².